The second-order valence-electron chi connectivity index (χ2n) is 11.4. The Morgan fingerprint density at radius 2 is 1.59 bits per heavy atom. The van der Waals surface area contributed by atoms with Crippen LogP contribution in [0.5, 0.6) is 0 Å². The number of hydrogen-bond acceptors (Lipinski definition) is 6. The van der Waals surface area contributed by atoms with Crippen molar-refractivity contribution < 1.29 is 18.7 Å². The number of nitrogens with one attached hydrogen (secondary N) is 1. The van der Waals surface area contributed by atoms with Gasteiger partial charge in [0.1, 0.15) is 0 Å². The van der Waals surface area contributed by atoms with Gasteiger partial charge in [0.2, 0.25) is 0 Å². The second kappa shape index (κ2) is 11.1. The number of ether oxygens (including phenoxy) is 2. The van der Waals surface area contributed by atoms with Gasteiger partial charge in [-0.2, -0.15) is 0 Å². The van der Waals surface area contributed by atoms with E-state index in [0.29, 0.717) is 6.42 Å². The molecule has 1 fully saturated rings. The molecule has 208 valence electrons. The van der Waals surface area contributed by atoms with E-state index in [1.165, 1.54) is 23.8 Å². The number of aromatic nitrogens is 2. The Morgan fingerprint density at radius 1 is 1.03 bits per heavy atom. The standard InChI is InChI=1S/C30H38N2O6Si/c1-7-30(6)24(38-27(26(30)37-21(2)33)32-19-18-25(34)31-28(32)35)20-36-39(29(3,4)5,22-14-10-8-11-15-22)23-16-12-9-13-17-23/h8-19,24,26-27H,7,20H2,1-6H3,(H,31,34,35)/t24-,26+,27?,30-/m1/s1. The van der Waals surface area contributed by atoms with Crippen LogP contribution in [0.25, 0.3) is 0 Å². The summed E-state index contributed by atoms with van der Waals surface area (Å²) in [6, 6.07) is 21.9. The molecule has 4 atom stereocenters. The van der Waals surface area contributed by atoms with Gasteiger partial charge in [-0.15, -0.1) is 0 Å². The Bertz CT molecular complexity index is 1360. The molecule has 2 heterocycles. The molecule has 1 aliphatic heterocycles. The maximum atomic E-state index is 12.7. The summed E-state index contributed by atoms with van der Waals surface area (Å²) in [7, 11) is -2.87. The van der Waals surface area contributed by atoms with Gasteiger partial charge in [-0.3, -0.25) is 19.1 Å². The van der Waals surface area contributed by atoms with Crippen molar-refractivity contribution in [1.29, 1.82) is 0 Å². The van der Waals surface area contributed by atoms with E-state index >= 15 is 0 Å². The Kier molecular flexibility index (Phi) is 8.16. The maximum Gasteiger partial charge on any atom is 0.330 e. The first-order valence-electron chi connectivity index (χ1n) is 13.3. The first-order chi connectivity index (χ1) is 18.4. The van der Waals surface area contributed by atoms with Gasteiger partial charge in [0.05, 0.1) is 12.7 Å². The molecule has 0 saturated carbocycles. The van der Waals surface area contributed by atoms with E-state index in [0.717, 1.165) is 10.4 Å². The Hall–Kier alpha value is -3.27. The fraction of sp³-hybridized carbons (Fsp3) is 0.433. The van der Waals surface area contributed by atoms with Crippen LogP contribution < -0.4 is 21.6 Å². The first-order valence-corrected chi connectivity index (χ1v) is 15.2. The minimum absolute atomic E-state index is 0.226. The largest absolute Gasteiger partial charge is 0.457 e. The molecule has 0 bridgehead atoms. The van der Waals surface area contributed by atoms with Crippen LogP contribution in [0.1, 0.15) is 54.2 Å². The lowest BCUT2D eigenvalue weighted by Crippen LogP contribution is -2.67. The van der Waals surface area contributed by atoms with Crippen LogP contribution in [-0.4, -0.2) is 42.7 Å². The van der Waals surface area contributed by atoms with Crippen LogP contribution >= 0.6 is 0 Å². The summed E-state index contributed by atoms with van der Waals surface area (Å²) < 4.78 is 20.8. The quantitative estimate of drug-likeness (QED) is 0.341. The normalized spacial score (nSPS) is 23.5. The highest BCUT2D eigenvalue weighted by Gasteiger charge is 2.57. The molecular weight excluding hydrogens is 512 g/mol. The minimum atomic E-state index is -2.87. The molecule has 8 nitrogen and oxygen atoms in total. The molecule has 1 aliphatic rings. The van der Waals surface area contributed by atoms with Gasteiger partial charge in [0.25, 0.3) is 13.9 Å². The third-order valence-electron chi connectivity index (χ3n) is 8.00. The molecule has 1 N–H and O–H groups in total. The lowest BCUT2D eigenvalue weighted by Gasteiger charge is -2.44. The monoisotopic (exact) mass is 550 g/mol. The summed E-state index contributed by atoms with van der Waals surface area (Å²) in [5, 5.41) is 2.05. The topological polar surface area (TPSA) is 99.6 Å². The Labute approximate surface area is 230 Å². The SMILES string of the molecule is CC[C@]1(C)[C@@H](CO[Si](c2ccccc2)(c2ccccc2)C(C)(C)C)OC(n2ccc(=O)[nH]c2=O)[C@@H]1OC(C)=O. The van der Waals surface area contributed by atoms with Crippen molar-refractivity contribution in [3.05, 3.63) is 93.8 Å². The maximum absolute atomic E-state index is 12.7. The molecule has 39 heavy (non-hydrogen) atoms. The number of carbonyl (C=O) groups excluding carboxylic acids is 1. The molecule has 0 amide bonds. The summed E-state index contributed by atoms with van der Waals surface area (Å²) in [5.74, 6) is -0.473. The van der Waals surface area contributed by atoms with E-state index in [2.05, 4.69) is 50.0 Å². The highest BCUT2D eigenvalue weighted by atomic mass is 28.4. The van der Waals surface area contributed by atoms with E-state index in [4.69, 9.17) is 13.9 Å². The van der Waals surface area contributed by atoms with Crippen molar-refractivity contribution in [2.24, 2.45) is 5.41 Å². The third kappa shape index (κ3) is 5.31. The van der Waals surface area contributed by atoms with Crippen LogP contribution in [0.2, 0.25) is 5.04 Å². The highest BCUT2D eigenvalue weighted by Crippen LogP contribution is 2.48. The average Bonchev–Trinajstić information content (AvgIpc) is 3.16. The van der Waals surface area contributed by atoms with Crippen LogP contribution in [0.4, 0.5) is 0 Å². The number of nitrogens with zero attached hydrogens (tertiary/aromatic N) is 1. The number of esters is 1. The minimum Gasteiger partial charge on any atom is -0.457 e. The van der Waals surface area contributed by atoms with Gasteiger partial charge in [-0.25, -0.2) is 4.79 Å². The zero-order chi connectivity index (χ0) is 28.4. The highest BCUT2D eigenvalue weighted by molar-refractivity contribution is 6.99. The number of carbonyl (C=O) groups is 1. The number of H-pyrrole nitrogens is 1. The van der Waals surface area contributed by atoms with E-state index in [1.54, 1.807) is 0 Å². The first kappa shape index (κ1) is 28.7. The van der Waals surface area contributed by atoms with Crippen molar-refractivity contribution >= 4 is 24.7 Å². The fourth-order valence-electron chi connectivity index (χ4n) is 5.74. The van der Waals surface area contributed by atoms with E-state index in [1.807, 2.05) is 50.2 Å². The zero-order valence-corrected chi connectivity index (χ0v) is 24.5. The van der Waals surface area contributed by atoms with Gasteiger partial charge in [-0.05, 0) is 21.8 Å². The van der Waals surface area contributed by atoms with Crippen LogP contribution in [0.15, 0.2) is 82.5 Å². The molecule has 1 saturated heterocycles. The van der Waals surface area contributed by atoms with Crippen molar-refractivity contribution in [1.82, 2.24) is 9.55 Å². The molecule has 3 aromatic rings. The molecule has 0 radical (unpaired) electrons. The van der Waals surface area contributed by atoms with Crippen molar-refractivity contribution in [2.45, 2.75) is 71.4 Å². The molecule has 9 heteroatoms. The Morgan fingerprint density at radius 3 is 2.05 bits per heavy atom. The smallest absolute Gasteiger partial charge is 0.330 e. The molecule has 2 aromatic carbocycles. The van der Waals surface area contributed by atoms with E-state index < -0.39 is 49.4 Å². The summed E-state index contributed by atoms with van der Waals surface area (Å²) in [6.45, 7) is 12.2. The van der Waals surface area contributed by atoms with Crippen LogP contribution in [0.3, 0.4) is 0 Å². The van der Waals surface area contributed by atoms with Gasteiger partial charge in [-0.1, -0.05) is 95.3 Å². The summed E-state index contributed by atoms with van der Waals surface area (Å²) >= 11 is 0. The zero-order valence-electron chi connectivity index (χ0n) is 23.5. The van der Waals surface area contributed by atoms with Crippen molar-refractivity contribution in [3.8, 4) is 0 Å². The number of aromatic amines is 1. The third-order valence-corrected chi connectivity index (χ3v) is 13.0. The molecular formula is C30H38N2O6Si. The number of benzene rings is 2. The molecule has 1 unspecified atom stereocenters. The van der Waals surface area contributed by atoms with Gasteiger partial charge >= 0.3 is 11.7 Å². The van der Waals surface area contributed by atoms with Crippen LogP contribution in [0, 0.1) is 5.41 Å². The van der Waals surface area contributed by atoms with Crippen molar-refractivity contribution in [3.63, 3.8) is 0 Å². The molecule has 0 spiro atoms. The van der Waals surface area contributed by atoms with Gasteiger partial charge in [0, 0.05) is 24.6 Å². The number of hydrogen-bond donors (Lipinski definition) is 1. The van der Waals surface area contributed by atoms with Crippen LogP contribution in [-0.2, 0) is 18.7 Å². The van der Waals surface area contributed by atoms with Crippen molar-refractivity contribution in [2.75, 3.05) is 6.61 Å². The Balaban J connectivity index is 1.80. The van der Waals surface area contributed by atoms with Gasteiger partial charge in [0.15, 0.2) is 12.3 Å². The average molecular weight is 551 g/mol. The molecule has 1 aromatic heterocycles. The van der Waals surface area contributed by atoms with E-state index in [9.17, 15) is 14.4 Å². The summed E-state index contributed by atoms with van der Waals surface area (Å²) in [5.41, 5.74) is -1.81. The number of rotatable bonds is 8. The lowest BCUT2D eigenvalue weighted by molar-refractivity contribution is -0.156. The molecule has 4 rings (SSSR count). The molecule has 0 aliphatic carbocycles. The summed E-state index contributed by atoms with van der Waals surface area (Å²) in [4.78, 5) is 38.9. The second-order valence-corrected chi connectivity index (χ2v) is 15.7. The van der Waals surface area contributed by atoms with E-state index in [-0.39, 0.29) is 11.6 Å². The fourth-order valence-corrected chi connectivity index (χ4v) is 10.3. The predicted octanol–water partition coefficient (Wildman–Crippen LogP) is 3.36. The summed E-state index contributed by atoms with van der Waals surface area (Å²) in [6.07, 6.45) is -0.206. The lowest BCUT2D eigenvalue weighted by atomic mass is 9.78. The van der Waals surface area contributed by atoms with Gasteiger partial charge < -0.3 is 13.9 Å². The predicted molar refractivity (Wildman–Crippen MR) is 153 cm³/mol.